The maximum atomic E-state index is 10.2. The summed E-state index contributed by atoms with van der Waals surface area (Å²) < 4.78 is 0. The minimum Gasteiger partial charge on any atom is -0.302 e. The van der Waals surface area contributed by atoms with Crippen LogP contribution in [0.2, 0.25) is 0 Å². The van der Waals surface area contributed by atoms with Gasteiger partial charge in [0.25, 0.3) is 0 Å². The van der Waals surface area contributed by atoms with Crippen molar-refractivity contribution in [2.24, 2.45) is 0 Å². The largest absolute Gasteiger partial charge is 0.302 e. The van der Waals surface area contributed by atoms with Gasteiger partial charge in [0.2, 0.25) is 0 Å². The van der Waals surface area contributed by atoms with E-state index >= 15 is 0 Å². The zero-order valence-electron chi connectivity index (χ0n) is 5.90. The van der Waals surface area contributed by atoms with Crippen LogP contribution in [0.5, 0.6) is 0 Å². The summed E-state index contributed by atoms with van der Waals surface area (Å²) in [5, 5.41) is -0.419. The van der Waals surface area contributed by atoms with Crippen molar-refractivity contribution in [1.29, 1.82) is 0 Å². The Balaban J connectivity index is 2.57. The molecule has 1 aromatic heterocycles. The lowest BCUT2D eigenvalue weighted by atomic mass is 10.1. The van der Waals surface area contributed by atoms with E-state index in [0.29, 0.717) is 6.42 Å². The van der Waals surface area contributed by atoms with Crippen LogP contribution >= 0.6 is 11.6 Å². The second kappa shape index (κ2) is 4.09. The molecule has 1 aromatic rings. The van der Waals surface area contributed by atoms with Crippen molar-refractivity contribution in [3.63, 3.8) is 0 Å². The summed E-state index contributed by atoms with van der Waals surface area (Å²) in [5.74, 6) is 0. The number of rotatable bonds is 3. The topological polar surface area (TPSA) is 30.0 Å². The lowest BCUT2D eigenvalue weighted by Gasteiger charge is -1.99. The standard InChI is InChI=1S/C8H8ClNO/c9-8(6-11)5-7-1-3-10-4-2-7/h1-4,6,8H,5H2. The fourth-order valence-electron chi connectivity index (χ4n) is 0.792. The summed E-state index contributed by atoms with van der Waals surface area (Å²) >= 11 is 5.61. The number of halogens is 1. The van der Waals surface area contributed by atoms with Gasteiger partial charge in [0.1, 0.15) is 6.29 Å². The van der Waals surface area contributed by atoms with Crippen molar-refractivity contribution in [2.75, 3.05) is 0 Å². The van der Waals surface area contributed by atoms with Gasteiger partial charge in [-0.25, -0.2) is 0 Å². The monoisotopic (exact) mass is 169 g/mol. The Morgan fingerprint density at radius 1 is 1.55 bits per heavy atom. The van der Waals surface area contributed by atoms with Crippen LogP contribution in [0.25, 0.3) is 0 Å². The molecule has 0 spiro atoms. The van der Waals surface area contributed by atoms with Crippen LogP contribution in [0.1, 0.15) is 5.56 Å². The van der Waals surface area contributed by atoms with E-state index in [0.717, 1.165) is 11.8 Å². The highest BCUT2D eigenvalue weighted by Crippen LogP contribution is 2.04. The Hall–Kier alpha value is -0.890. The van der Waals surface area contributed by atoms with Crippen molar-refractivity contribution in [3.05, 3.63) is 30.1 Å². The maximum Gasteiger partial charge on any atom is 0.138 e. The molecule has 0 saturated heterocycles. The number of pyridine rings is 1. The quantitative estimate of drug-likeness (QED) is 0.506. The van der Waals surface area contributed by atoms with Gasteiger partial charge in [-0.05, 0) is 24.1 Å². The molecule has 0 aliphatic carbocycles. The minimum absolute atomic E-state index is 0.419. The normalized spacial score (nSPS) is 12.5. The SMILES string of the molecule is O=CC(Cl)Cc1ccncc1. The third-order valence-corrected chi connectivity index (χ3v) is 1.58. The van der Waals surface area contributed by atoms with Crippen molar-refractivity contribution in [2.45, 2.75) is 11.8 Å². The molecule has 3 heteroatoms. The summed E-state index contributed by atoms with van der Waals surface area (Å²) in [5.41, 5.74) is 1.03. The molecule has 0 radical (unpaired) electrons. The molecule has 0 fully saturated rings. The number of hydrogen-bond donors (Lipinski definition) is 0. The predicted octanol–water partition coefficient (Wildman–Crippen LogP) is 1.43. The number of aldehydes is 1. The van der Waals surface area contributed by atoms with Gasteiger partial charge in [-0.3, -0.25) is 4.98 Å². The molecule has 0 aromatic carbocycles. The minimum atomic E-state index is -0.419. The van der Waals surface area contributed by atoms with E-state index in [9.17, 15) is 4.79 Å². The van der Waals surface area contributed by atoms with Gasteiger partial charge in [-0.15, -0.1) is 11.6 Å². The van der Waals surface area contributed by atoms with Crippen LogP contribution in [-0.2, 0) is 11.2 Å². The molecule has 0 saturated carbocycles. The van der Waals surface area contributed by atoms with Crippen LogP contribution in [0.3, 0.4) is 0 Å². The van der Waals surface area contributed by atoms with Crippen LogP contribution in [-0.4, -0.2) is 16.6 Å². The Bertz CT molecular complexity index is 225. The fraction of sp³-hybridized carbons (Fsp3) is 0.250. The van der Waals surface area contributed by atoms with E-state index in [4.69, 9.17) is 11.6 Å². The van der Waals surface area contributed by atoms with Gasteiger partial charge >= 0.3 is 0 Å². The van der Waals surface area contributed by atoms with Gasteiger partial charge in [-0.2, -0.15) is 0 Å². The van der Waals surface area contributed by atoms with Crippen molar-refractivity contribution in [3.8, 4) is 0 Å². The Labute approximate surface area is 70.2 Å². The second-order valence-electron chi connectivity index (χ2n) is 2.21. The summed E-state index contributed by atoms with van der Waals surface area (Å²) in [6.45, 7) is 0. The Morgan fingerprint density at radius 3 is 2.73 bits per heavy atom. The maximum absolute atomic E-state index is 10.2. The molecular formula is C8H8ClNO. The van der Waals surface area contributed by atoms with Crippen LogP contribution in [0.15, 0.2) is 24.5 Å². The molecule has 1 unspecified atom stereocenters. The molecule has 1 heterocycles. The molecule has 58 valence electrons. The fourth-order valence-corrected chi connectivity index (χ4v) is 0.970. The zero-order valence-corrected chi connectivity index (χ0v) is 6.66. The van der Waals surface area contributed by atoms with E-state index in [1.807, 2.05) is 12.1 Å². The number of carbonyl (C=O) groups is 1. The highest BCUT2D eigenvalue weighted by Gasteiger charge is 2.02. The van der Waals surface area contributed by atoms with Gasteiger partial charge < -0.3 is 4.79 Å². The molecule has 1 rings (SSSR count). The second-order valence-corrected chi connectivity index (χ2v) is 2.77. The highest BCUT2D eigenvalue weighted by molar-refractivity contribution is 6.27. The molecule has 1 atom stereocenters. The number of hydrogen-bond acceptors (Lipinski definition) is 2. The number of alkyl halides is 1. The van der Waals surface area contributed by atoms with Gasteiger partial charge in [0.15, 0.2) is 0 Å². The number of carbonyl (C=O) groups excluding carboxylic acids is 1. The third kappa shape index (κ3) is 2.68. The smallest absolute Gasteiger partial charge is 0.138 e. The first-order valence-corrected chi connectivity index (χ1v) is 3.75. The van der Waals surface area contributed by atoms with Gasteiger partial charge in [0, 0.05) is 12.4 Å². The molecular weight excluding hydrogens is 162 g/mol. The van der Waals surface area contributed by atoms with E-state index in [1.165, 1.54) is 0 Å². The molecule has 0 N–H and O–H groups in total. The lowest BCUT2D eigenvalue weighted by molar-refractivity contribution is -0.107. The third-order valence-electron chi connectivity index (χ3n) is 1.33. The molecule has 2 nitrogen and oxygen atoms in total. The number of nitrogens with zero attached hydrogens (tertiary/aromatic N) is 1. The molecule has 0 amide bonds. The summed E-state index contributed by atoms with van der Waals surface area (Å²) in [7, 11) is 0. The molecule has 0 aliphatic heterocycles. The van der Waals surface area contributed by atoms with E-state index in [1.54, 1.807) is 12.4 Å². The highest BCUT2D eigenvalue weighted by atomic mass is 35.5. The van der Waals surface area contributed by atoms with Crippen molar-refractivity contribution in [1.82, 2.24) is 4.98 Å². The first-order valence-electron chi connectivity index (χ1n) is 3.31. The van der Waals surface area contributed by atoms with Gasteiger partial charge in [-0.1, -0.05) is 0 Å². The molecule has 0 bridgehead atoms. The summed E-state index contributed by atoms with van der Waals surface area (Å²) in [6.07, 6.45) is 4.68. The van der Waals surface area contributed by atoms with Crippen LogP contribution in [0, 0.1) is 0 Å². The Morgan fingerprint density at radius 2 is 2.18 bits per heavy atom. The first-order chi connectivity index (χ1) is 5.33. The zero-order chi connectivity index (χ0) is 8.10. The summed E-state index contributed by atoms with van der Waals surface area (Å²) in [6, 6.07) is 3.69. The molecule has 0 aliphatic rings. The lowest BCUT2D eigenvalue weighted by Crippen LogP contribution is -2.03. The van der Waals surface area contributed by atoms with Crippen molar-refractivity contribution < 1.29 is 4.79 Å². The number of aromatic nitrogens is 1. The van der Waals surface area contributed by atoms with Crippen LogP contribution in [0.4, 0.5) is 0 Å². The van der Waals surface area contributed by atoms with E-state index in [2.05, 4.69) is 4.98 Å². The predicted molar refractivity (Wildman–Crippen MR) is 43.6 cm³/mol. The summed E-state index contributed by atoms with van der Waals surface area (Å²) in [4.78, 5) is 14.0. The molecule has 11 heavy (non-hydrogen) atoms. The van der Waals surface area contributed by atoms with E-state index < -0.39 is 5.38 Å². The average molecular weight is 170 g/mol. The van der Waals surface area contributed by atoms with E-state index in [-0.39, 0.29) is 0 Å². The average Bonchev–Trinajstić information content (AvgIpc) is 2.06. The Kier molecular flexibility index (Phi) is 3.05. The van der Waals surface area contributed by atoms with Crippen molar-refractivity contribution >= 4 is 17.9 Å². The first kappa shape index (κ1) is 8.21. The van der Waals surface area contributed by atoms with Crippen LogP contribution < -0.4 is 0 Å². The van der Waals surface area contributed by atoms with Gasteiger partial charge in [0.05, 0.1) is 5.38 Å².